The number of guanidine groups is 1. The van der Waals surface area contributed by atoms with Crippen molar-refractivity contribution in [3.63, 3.8) is 0 Å². The van der Waals surface area contributed by atoms with Crippen LogP contribution in [0.1, 0.15) is 22.4 Å². The van der Waals surface area contributed by atoms with Gasteiger partial charge in [-0.3, -0.25) is 4.99 Å². The average molecular weight is 506 g/mol. The quantitative estimate of drug-likeness (QED) is 0.326. The van der Waals surface area contributed by atoms with E-state index in [2.05, 4.69) is 27.5 Å². The van der Waals surface area contributed by atoms with Gasteiger partial charge in [-0.25, -0.2) is 4.98 Å². The maximum atomic E-state index is 5.45. The smallest absolute Gasteiger partial charge is 0.191 e. The number of nitrogens with one attached hydrogen (secondary N) is 2. The van der Waals surface area contributed by atoms with Crippen molar-refractivity contribution in [2.75, 3.05) is 28.4 Å². The zero-order chi connectivity index (χ0) is 18.9. The number of benzene rings is 1. The van der Waals surface area contributed by atoms with Gasteiger partial charge in [0.1, 0.15) is 10.8 Å². The van der Waals surface area contributed by atoms with Gasteiger partial charge in [0.25, 0.3) is 0 Å². The number of halogens is 1. The molecule has 0 bridgehead atoms. The molecule has 0 amide bonds. The lowest BCUT2D eigenvalue weighted by molar-refractivity contribution is 0.347. The highest BCUT2D eigenvalue weighted by Crippen LogP contribution is 2.34. The fourth-order valence-corrected chi connectivity index (χ4v) is 3.18. The molecule has 0 saturated heterocycles. The third-order valence-corrected chi connectivity index (χ3v) is 4.96. The van der Waals surface area contributed by atoms with Gasteiger partial charge < -0.3 is 24.8 Å². The molecular formula is C18H27IN4O3S. The van der Waals surface area contributed by atoms with Crippen LogP contribution in [0.15, 0.2) is 23.3 Å². The molecule has 27 heavy (non-hydrogen) atoms. The first-order chi connectivity index (χ1) is 12.6. The van der Waals surface area contributed by atoms with Gasteiger partial charge in [-0.2, -0.15) is 0 Å². The molecule has 1 aromatic heterocycles. The summed E-state index contributed by atoms with van der Waals surface area (Å²) in [6, 6.07) is 3.71. The van der Waals surface area contributed by atoms with Crippen molar-refractivity contribution in [3.8, 4) is 17.2 Å². The van der Waals surface area contributed by atoms with Crippen molar-refractivity contribution in [1.29, 1.82) is 0 Å². The number of rotatable bonds is 8. The molecule has 7 nitrogen and oxygen atoms in total. The van der Waals surface area contributed by atoms with E-state index in [-0.39, 0.29) is 24.0 Å². The normalized spacial score (nSPS) is 10.8. The van der Waals surface area contributed by atoms with Gasteiger partial charge in [0.05, 0.1) is 27.9 Å². The number of aryl methyl sites for hydroxylation is 1. The van der Waals surface area contributed by atoms with Crippen molar-refractivity contribution in [2.24, 2.45) is 4.99 Å². The fraction of sp³-hybridized carbons (Fsp3) is 0.444. The Hall–Kier alpha value is -1.75. The predicted octanol–water partition coefficient (Wildman–Crippen LogP) is 3.21. The third kappa shape index (κ3) is 6.42. The standard InChI is InChI=1S/C18H26N4O3S.HI/c1-6-13-10-20-17(26-13)11-22-18(19-2)21-9-12-7-15(24-4)16(25-5)8-14(12)23-3;/h7-8,10H,6,9,11H2,1-5H3,(H2,19,21,22);1H. The second-order valence-electron chi connectivity index (χ2n) is 5.37. The maximum absolute atomic E-state index is 5.45. The summed E-state index contributed by atoms with van der Waals surface area (Å²) in [5.74, 6) is 2.70. The molecular weight excluding hydrogens is 479 g/mol. The Morgan fingerprint density at radius 3 is 2.22 bits per heavy atom. The van der Waals surface area contributed by atoms with Gasteiger partial charge in [-0.1, -0.05) is 6.92 Å². The summed E-state index contributed by atoms with van der Waals surface area (Å²) >= 11 is 1.71. The lowest BCUT2D eigenvalue weighted by Crippen LogP contribution is -2.36. The SMILES string of the molecule is CCc1cnc(CNC(=NC)NCc2cc(OC)c(OC)cc2OC)s1.I. The minimum Gasteiger partial charge on any atom is -0.496 e. The van der Waals surface area contributed by atoms with E-state index >= 15 is 0 Å². The molecule has 0 spiro atoms. The average Bonchev–Trinajstić information content (AvgIpc) is 3.15. The van der Waals surface area contributed by atoms with E-state index < -0.39 is 0 Å². The van der Waals surface area contributed by atoms with Gasteiger partial charge in [0.2, 0.25) is 0 Å². The summed E-state index contributed by atoms with van der Waals surface area (Å²) in [7, 11) is 6.58. The monoisotopic (exact) mass is 506 g/mol. The van der Waals surface area contributed by atoms with E-state index in [1.165, 1.54) is 4.88 Å². The zero-order valence-corrected chi connectivity index (χ0v) is 19.4. The Kier molecular flexibility index (Phi) is 10.2. The van der Waals surface area contributed by atoms with Gasteiger partial charge in [-0.15, -0.1) is 35.3 Å². The van der Waals surface area contributed by atoms with E-state index in [4.69, 9.17) is 14.2 Å². The molecule has 1 aromatic carbocycles. The van der Waals surface area contributed by atoms with Crippen molar-refractivity contribution >= 4 is 41.3 Å². The first kappa shape index (κ1) is 23.3. The van der Waals surface area contributed by atoms with Crippen LogP contribution < -0.4 is 24.8 Å². The lowest BCUT2D eigenvalue weighted by atomic mass is 10.1. The van der Waals surface area contributed by atoms with Crippen LogP contribution in [-0.2, 0) is 19.5 Å². The minimum absolute atomic E-state index is 0. The number of hydrogen-bond donors (Lipinski definition) is 2. The Morgan fingerprint density at radius 2 is 1.67 bits per heavy atom. The molecule has 150 valence electrons. The van der Waals surface area contributed by atoms with E-state index in [1.807, 2.05) is 18.3 Å². The predicted molar refractivity (Wildman–Crippen MR) is 120 cm³/mol. The van der Waals surface area contributed by atoms with Crippen LogP contribution in [0.4, 0.5) is 0 Å². The topological polar surface area (TPSA) is 77.0 Å². The summed E-state index contributed by atoms with van der Waals surface area (Å²) in [5.41, 5.74) is 0.940. The van der Waals surface area contributed by atoms with Crippen molar-refractivity contribution in [2.45, 2.75) is 26.4 Å². The Labute approximate surface area is 181 Å². The number of methoxy groups -OCH3 is 3. The number of nitrogens with zero attached hydrogens (tertiary/aromatic N) is 2. The number of hydrogen-bond acceptors (Lipinski definition) is 6. The van der Waals surface area contributed by atoms with E-state index in [9.17, 15) is 0 Å². The number of ether oxygens (including phenoxy) is 3. The van der Waals surface area contributed by atoms with E-state index in [1.54, 1.807) is 39.7 Å². The first-order valence-corrected chi connectivity index (χ1v) is 9.13. The highest BCUT2D eigenvalue weighted by atomic mass is 127. The highest BCUT2D eigenvalue weighted by Gasteiger charge is 2.12. The molecule has 0 saturated carbocycles. The van der Waals surface area contributed by atoms with Crippen LogP contribution in [0.3, 0.4) is 0 Å². The summed E-state index contributed by atoms with van der Waals surface area (Å²) in [6.45, 7) is 3.29. The van der Waals surface area contributed by atoms with Crippen LogP contribution in [0.2, 0.25) is 0 Å². The molecule has 9 heteroatoms. The largest absolute Gasteiger partial charge is 0.496 e. The molecule has 0 aliphatic rings. The molecule has 0 aliphatic carbocycles. The molecule has 0 radical (unpaired) electrons. The second kappa shape index (κ2) is 11.9. The van der Waals surface area contributed by atoms with Crippen molar-refractivity contribution < 1.29 is 14.2 Å². The molecule has 0 unspecified atom stereocenters. The van der Waals surface area contributed by atoms with Crippen LogP contribution in [0.5, 0.6) is 17.2 Å². The van der Waals surface area contributed by atoms with E-state index in [0.29, 0.717) is 30.5 Å². The third-order valence-electron chi connectivity index (χ3n) is 3.81. The van der Waals surface area contributed by atoms with Crippen LogP contribution in [-0.4, -0.2) is 39.3 Å². The van der Waals surface area contributed by atoms with Crippen LogP contribution in [0.25, 0.3) is 0 Å². The Balaban J connectivity index is 0.00000364. The molecule has 2 rings (SSSR count). The number of thiazole rings is 1. The maximum Gasteiger partial charge on any atom is 0.191 e. The summed E-state index contributed by atoms with van der Waals surface area (Å²) in [4.78, 5) is 9.93. The molecule has 0 aliphatic heterocycles. The highest BCUT2D eigenvalue weighted by molar-refractivity contribution is 14.0. The number of aromatic nitrogens is 1. The first-order valence-electron chi connectivity index (χ1n) is 8.32. The van der Waals surface area contributed by atoms with Crippen LogP contribution in [0, 0.1) is 0 Å². The summed E-state index contributed by atoms with van der Waals surface area (Å²) in [5, 5.41) is 7.59. The van der Waals surface area contributed by atoms with Crippen LogP contribution >= 0.6 is 35.3 Å². The van der Waals surface area contributed by atoms with Gasteiger partial charge in [0.15, 0.2) is 17.5 Å². The molecule has 1 heterocycles. The number of aliphatic imine (C=N–C) groups is 1. The van der Waals surface area contributed by atoms with Gasteiger partial charge >= 0.3 is 0 Å². The van der Waals surface area contributed by atoms with E-state index in [0.717, 1.165) is 22.7 Å². The minimum atomic E-state index is 0. The summed E-state index contributed by atoms with van der Waals surface area (Å²) < 4.78 is 16.1. The zero-order valence-electron chi connectivity index (χ0n) is 16.3. The van der Waals surface area contributed by atoms with Crippen molar-refractivity contribution in [3.05, 3.63) is 33.8 Å². The Bertz CT molecular complexity index is 752. The lowest BCUT2D eigenvalue weighted by Gasteiger charge is -2.16. The Morgan fingerprint density at radius 1 is 1.04 bits per heavy atom. The molecule has 2 N–H and O–H groups in total. The second-order valence-corrected chi connectivity index (χ2v) is 6.57. The summed E-state index contributed by atoms with van der Waals surface area (Å²) in [6.07, 6.45) is 2.93. The van der Waals surface area contributed by atoms with Gasteiger partial charge in [0, 0.05) is 36.3 Å². The van der Waals surface area contributed by atoms with Gasteiger partial charge in [-0.05, 0) is 12.5 Å². The fourth-order valence-electron chi connectivity index (χ4n) is 2.38. The molecule has 0 atom stereocenters. The van der Waals surface area contributed by atoms with Crippen molar-refractivity contribution in [1.82, 2.24) is 15.6 Å². The molecule has 0 fully saturated rings. The molecule has 2 aromatic rings.